The fourth-order valence-electron chi connectivity index (χ4n) is 1.66. The Bertz CT molecular complexity index is 701. The first kappa shape index (κ1) is 16.6. The zero-order valence-corrected chi connectivity index (χ0v) is 12.7. The topological polar surface area (TPSA) is 100 Å². The van der Waals surface area contributed by atoms with Crippen LogP contribution in [0.5, 0.6) is 0 Å². The number of para-hydroxylation sites is 1. The van der Waals surface area contributed by atoms with E-state index in [0.717, 1.165) is 0 Å². The highest BCUT2D eigenvalue weighted by atomic mass is 35.5. The lowest BCUT2D eigenvalue weighted by Crippen LogP contribution is -2.41. The van der Waals surface area contributed by atoms with E-state index >= 15 is 0 Å². The number of hydrazine groups is 1. The second kappa shape index (κ2) is 8.00. The molecule has 0 atom stereocenters. The zero-order valence-electron chi connectivity index (χ0n) is 12.0. The number of carbonyl (C=O) groups is 3. The van der Waals surface area contributed by atoms with Crippen LogP contribution in [0.3, 0.4) is 0 Å². The van der Waals surface area contributed by atoms with Gasteiger partial charge in [0, 0.05) is 12.8 Å². The van der Waals surface area contributed by atoms with Gasteiger partial charge in [-0.05, 0) is 24.3 Å². The Kier molecular flexibility index (Phi) is 5.76. The number of furan rings is 1. The van der Waals surface area contributed by atoms with Crippen molar-refractivity contribution in [1.29, 1.82) is 0 Å². The summed E-state index contributed by atoms with van der Waals surface area (Å²) in [6.07, 6.45) is 1.21. The summed E-state index contributed by atoms with van der Waals surface area (Å²) in [7, 11) is 0. The number of hydrogen-bond acceptors (Lipinski definition) is 4. The van der Waals surface area contributed by atoms with Crippen LogP contribution in [0, 0.1) is 0 Å². The van der Waals surface area contributed by atoms with E-state index in [1.54, 1.807) is 30.3 Å². The van der Waals surface area contributed by atoms with Crippen LogP contribution in [0.2, 0.25) is 5.02 Å². The van der Waals surface area contributed by atoms with Gasteiger partial charge in [0.1, 0.15) is 0 Å². The number of hydrogen-bond donors (Lipinski definition) is 3. The maximum Gasteiger partial charge on any atom is 0.305 e. The van der Waals surface area contributed by atoms with Crippen LogP contribution in [-0.4, -0.2) is 17.7 Å². The Morgan fingerprint density at radius 1 is 0.957 bits per heavy atom. The third kappa shape index (κ3) is 5.15. The van der Waals surface area contributed by atoms with E-state index in [9.17, 15) is 14.4 Å². The Labute approximate surface area is 137 Å². The minimum absolute atomic E-state index is 0.0479. The van der Waals surface area contributed by atoms with Crippen molar-refractivity contribution in [2.75, 3.05) is 5.32 Å². The van der Waals surface area contributed by atoms with Crippen LogP contribution >= 0.6 is 11.6 Å². The summed E-state index contributed by atoms with van der Waals surface area (Å²) >= 11 is 5.91. The first-order chi connectivity index (χ1) is 11.1. The summed E-state index contributed by atoms with van der Waals surface area (Å²) in [5.41, 5.74) is 4.86. The molecule has 0 fully saturated rings. The van der Waals surface area contributed by atoms with Crippen molar-refractivity contribution in [1.82, 2.24) is 10.9 Å². The lowest BCUT2D eigenvalue weighted by molar-refractivity contribution is -0.124. The first-order valence-corrected chi connectivity index (χ1v) is 7.11. The van der Waals surface area contributed by atoms with Crippen molar-refractivity contribution < 1.29 is 18.8 Å². The molecule has 8 heteroatoms. The molecule has 0 radical (unpaired) electrons. The number of amides is 3. The van der Waals surface area contributed by atoms with Crippen molar-refractivity contribution in [2.45, 2.75) is 12.8 Å². The molecule has 0 saturated heterocycles. The average Bonchev–Trinajstić information content (AvgIpc) is 3.07. The van der Waals surface area contributed by atoms with Gasteiger partial charge in [-0.3, -0.25) is 25.2 Å². The van der Waals surface area contributed by atoms with Gasteiger partial charge < -0.3 is 9.73 Å². The van der Waals surface area contributed by atoms with Crippen LogP contribution in [0.1, 0.15) is 23.4 Å². The van der Waals surface area contributed by atoms with Gasteiger partial charge in [0.25, 0.3) is 0 Å². The van der Waals surface area contributed by atoms with Crippen molar-refractivity contribution >= 4 is 35.0 Å². The molecule has 1 heterocycles. The van der Waals surface area contributed by atoms with E-state index in [0.29, 0.717) is 10.7 Å². The predicted octanol–water partition coefficient (Wildman–Crippen LogP) is 2.11. The van der Waals surface area contributed by atoms with Gasteiger partial charge in [-0.1, -0.05) is 23.7 Å². The van der Waals surface area contributed by atoms with Crippen LogP contribution in [0.15, 0.2) is 47.1 Å². The van der Waals surface area contributed by atoms with E-state index in [2.05, 4.69) is 16.2 Å². The standard InChI is InChI=1S/C15H14ClN3O4/c16-10-4-1-2-5-11(10)17-13(20)7-8-14(21)18-19-15(22)12-6-3-9-23-12/h1-6,9H,7-8H2,(H,17,20)(H,18,21)(H,19,22). The van der Waals surface area contributed by atoms with Gasteiger partial charge in [-0.15, -0.1) is 0 Å². The van der Waals surface area contributed by atoms with Gasteiger partial charge in [-0.2, -0.15) is 0 Å². The third-order valence-corrected chi connectivity index (χ3v) is 3.12. The first-order valence-electron chi connectivity index (χ1n) is 6.73. The van der Waals surface area contributed by atoms with E-state index in [-0.39, 0.29) is 24.5 Å². The molecule has 0 unspecified atom stereocenters. The van der Waals surface area contributed by atoms with Gasteiger partial charge in [0.15, 0.2) is 5.76 Å². The van der Waals surface area contributed by atoms with Crippen molar-refractivity contribution in [2.24, 2.45) is 0 Å². The Morgan fingerprint density at radius 2 is 1.70 bits per heavy atom. The summed E-state index contributed by atoms with van der Waals surface area (Å²) in [4.78, 5) is 34.8. The summed E-state index contributed by atoms with van der Waals surface area (Å²) in [5, 5.41) is 3.01. The Hall–Kier alpha value is -2.80. The Morgan fingerprint density at radius 3 is 2.39 bits per heavy atom. The molecule has 2 rings (SSSR count). The number of anilines is 1. The maximum absolute atomic E-state index is 11.7. The molecule has 1 aromatic heterocycles. The van der Waals surface area contributed by atoms with Crippen LogP contribution in [0.25, 0.3) is 0 Å². The smallest absolute Gasteiger partial charge is 0.305 e. The minimum Gasteiger partial charge on any atom is -0.459 e. The summed E-state index contributed by atoms with van der Waals surface area (Å²) in [5.74, 6) is -1.37. The molecule has 2 aromatic rings. The quantitative estimate of drug-likeness (QED) is 0.728. The largest absolute Gasteiger partial charge is 0.459 e. The summed E-state index contributed by atoms with van der Waals surface area (Å²) in [6.45, 7) is 0. The van der Waals surface area contributed by atoms with Crippen LogP contribution in [-0.2, 0) is 9.59 Å². The average molecular weight is 336 g/mol. The van der Waals surface area contributed by atoms with E-state index in [1.165, 1.54) is 12.3 Å². The van der Waals surface area contributed by atoms with Crippen LogP contribution in [0.4, 0.5) is 5.69 Å². The number of benzene rings is 1. The summed E-state index contributed by atoms with van der Waals surface area (Å²) < 4.78 is 4.86. The highest BCUT2D eigenvalue weighted by molar-refractivity contribution is 6.33. The van der Waals surface area contributed by atoms with Gasteiger partial charge in [0.2, 0.25) is 11.8 Å². The van der Waals surface area contributed by atoms with E-state index in [4.69, 9.17) is 16.0 Å². The molecule has 0 saturated carbocycles. The lowest BCUT2D eigenvalue weighted by Gasteiger charge is -2.08. The molecule has 7 nitrogen and oxygen atoms in total. The molecule has 0 aliphatic rings. The fraction of sp³-hybridized carbons (Fsp3) is 0.133. The molecule has 3 N–H and O–H groups in total. The number of rotatable bonds is 5. The number of nitrogens with one attached hydrogen (secondary N) is 3. The third-order valence-electron chi connectivity index (χ3n) is 2.79. The SMILES string of the molecule is O=C(CCC(=O)Nc1ccccc1Cl)NNC(=O)c1ccco1. The molecule has 1 aromatic carbocycles. The molecule has 120 valence electrons. The normalized spacial score (nSPS) is 9.96. The Balaban J connectivity index is 1.71. The fourth-order valence-corrected chi connectivity index (χ4v) is 1.84. The van der Waals surface area contributed by atoms with Gasteiger partial charge >= 0.3 is 5.91 Å². The highest BCUT2D eigenvalue weighted by Crippen LogP contribution is 2.20. The van der Waals surface area contributed by atoms with E-state index in [1.807, 2.05) is 0 Å². The van der Waals surface area contributed by atoms with Gasteiger partial charge in [0.05, 0.1) is 17.0 Å². The molecule has 0 bridgehead atoms. The molecular formula is C15H14ClN3O4. The molecule has 23 heavy (non-hydrogen) atoms. The number of carbonyl (C=O) groups excluding carboxylic acids is 3. The lowest BCUT2D eigenvalue weighted by atomic mass is 10.2. The highest BCUT2D eigenvalue weighted by Gasteiger charge is 2.11. The second-order valence-electron chi connectivity index (χ2n) is 4.51. The number of halogens is 1. The van der Waals surface area contributed by atoms with Crippen molar-refractivity contribution in [3.63, 3.8) is 0 Å². The van der Waals surface area contributed by atoms with Gasteiger partial charge in [-0.25, -0.2) is 0 Å². The van der Waals surface area contributed by atoms with E-state index < -0.39 is 11.8 Å². The summed E-state index contributed by atoms with van der Waals surface area (Å²) in [6, 6.07) is 9.79. The zero-order chi connectivity index (χ0) is 16.7. The van der Waals surface area contributed by atoms with Crippen LogP contribution < -0.4 is 16.2 Å². The molecular weight excluding hydrogens is 322 g/mol. The maximum atomic E-state index is 11.7. The minimum atomic E-state index is -0.580. The monoisotopic (exact) mass is 335 g/mol. The van der Waals surface area contributed by atoms with Crippen molar-refractivity contribution in [3.8, 4) is 0 Å². The molecule has 0 spiro atoms. The molecule has 0 aliphatic heterocycles. The second-order valence-corrected chi connectivity index (χ2v) is 4.91. The predicted molar refractivity (Wildman–Crippen MR) is 83.6 cm³/mol. The van der Waals surface area contributed by atoms with Crippen molar-refractivity contribution in [3.05, 3.63) is 53.4 Å². The molecule has 3 amide bonds. The molecule has 0 aliphatic carbocycles.